The van der Waals surface area contributed by atoms with Crippen molar-refractivity contribution < 1.29 is 22.4 Å². The second-order valence-electron chi connectivity index (χ2n) is 9.55. The molecule has 2 aromatic carbocycles. The van der Waals surface area contributed by atoms with Crippen molar-refractivity contribution in [2.45, 2.75) is 43.9 Å². The lowest BCUT2D eigenvalue weighted by Gasteiger charge is -2.27. The maximum absolute atomic E-state index is 14.3. The monoisotopic (exact) mass is 515 g/mol. The van der Waals surface area contributed by atoms with Gasteiger partial charge in [-0.15, -0.1) is 0 Å². The number of benzene rings is 2. The Kier molecular flexibility index (Phi) is 6.54. The molecule has 0 radical (unpaired) electrons. The molecule has 3 aromatic rings. The molecular weight excluding hydrogens is 489 g/mol. The SMILES string of the molecule is CC(C)(C)c1ccc(N2CCc3nc(NC(=O)Cc4ccc(S(C)(=O)=O)cc4F)sc3C2=O)cc1. The fourth-order valence-electron chi connectivity index (χ4n) is 3.81. The van der Waals surface area contributed by atoms with Gasteiger partial charge in [-0.2, -0.15) is 0 Å². The number of nitrogens with one attached hydrogen (secondary N) is 1. The van der Waals surface area contributed by atoms with Gasteiger partial charge in [0.25, 0.3) is 5.91 Å². The number of rotatable bonds is 5. The molecule has 2 heterocycles. The number of hydrogen-bond acceptors (Lipinski definition) is 6. The standard InChI is InChI=1S/C25H26FN3O4S2/c1-25(2,3)16-6-8-17(9-7-16)29-12-11-20-22(23(29)31)34-24(27-20)28-21(30)13-15-5-10-18(14-19(15)26)35(4,32)33/h5-10,14H,11-13H2,1-4H3,(H,27,28,30). The third-order valence-corrected chi connectivity index (χ3v) is 7.92. The van der Waals surface area contributed by atoms with Gasteiger partial charge in [0.05, 0.1) is 17.0 Å². The predicted molar refractivity (Wildman–Crippen MR) is 134 cm³/mol. The van der Waals surface area contributed by atoms with E-state index < -0.39 is 21.6 Å². The van der Waals surface area contributed by atoms with E-state index >= 15 is 0 Å². The minimum absolute atomic E-state index is 0.0149. The molecule has 184 valence electrons. The van der Waals surface area contributed by atoms with E-state index in [4.69, 9.17) is 0 Å². The molecule has 0 atom stereocenters. The molecule has 7 nitrogen and oxygen atoms in total. The van der Waals surface area contributed by atoms with Gasteiger partial charge in [-0.25, -0.2) is 17.8 Å². The van der Waals surface area contributed by atoms with Crippen LogP contribution in [0.25, 0.3) is 0 Å². The van der Waals surface area contributed by atoms with Crippen molar-refractivity contribution in [3.05, 3.63) is 70.0 Å². The number of nitrogens with zero attached hydrogens (tertiary/aromatic N) is 2. The van der Waals surface area contributed by atoms with E-state index in [1.54, 1.807) is 4.90 Å². The lowest BCUT2D eigenvalue weighted by Crippen LogP contribution is -2.36. The molecule has 2 amide bonds. The van der Waals surface area contributed by atoms with Gasteiger partial charge in [-0.05, 0) is 40.8 Å². The van der Waals surface area contributed by atoms with Crippen molar-refractivity contribution in [1.29, 1.82) is 0 Å². The number of halogens is 1. The van der Waals surface area contributed by atoms with E-state index in [2.05, 4.69) is 31.1 Å². The van der Waals surface area contributed by atoms with Gasteiger partial charge in [-0.3, -0.25) is 9.59 Å². The molecular formula is C25H26FN3O4S2. The van der Waals surface area contributed by atoms with E-state index in [9.17, 15) is 22.4 Å². The maximum Gasteiger partial charge on any atom is 0.270 e. The summed E-state index contributed by atoms with van der Waals surface area (Å²) in [4.78, 5) is 32.0. The summed E-state index contributed by atoms with van der Waals surface area (Å²) < 4.78 is 37.4. The Morgan fingerprint density at radius 2 is 1.86 bits per heavy atom. The topological polar surface area (TPSA) is 96.4 Å². The largest absolute Gasteiger partial charge is 0.307 e. The van der Waals surface area contributed by atoms with Crippen LogP contribution < -0.4 is 10.2 Å². The summed E-state index contributed by atoms with van der Waals surface area (Å²) in [6, 6.07) is 11.4. The van der Waals surface area contributed by atoms with Crippen LogP contribution in [0.5, 0.6) is 0 Å². The Bertz CT molecular complexity index is 1410. The summed E-state index contributed by atoms with van der Waals surface area (Å²) in [7, 11) is -3.54. The molecule has 0 bridgehead atoms. The normalized spacial score (nSPS) is 14.1. The van der Waals surface area contributed by atoms with Crippen LogP contribution in [0, 0.1) is 5.82 Å². The number of aromatic nitrogens is 1. The van der Waals surface area contributed by atoms with Crippen molar-refractivity contribution in [2.24, 2.45) is 0 Å². The molecule has 0 aliphatic carbocycles. The second kappa shape index (κ2) is 9.16. The van der Waals surface area contributed by atoms with Gasteiger partial charge < -0.3 is 10.2 Å². The number of anilines is 2. The van der Waals surface area contributed by atoms with E-state index in [1.807, 2.05) is 24.3 Å². The van der Waals surface area contributed by atoms with Gasteiger partial charge in [0.2, 0.25) is 5.91 Å². The summed E-state index contributed by atoms with van der Waals surface area (Å²) in [5.41, 5.74) is 2.69. The van der Waals surface area contributed by atoms with Crippen molar-refractivity contribution in [1.82, 2.24) is 4.98 Å². The lowest BCUT2D eigenvalue weighted by atomic mass is 9.87. The Labute approximate surface area is 207 Å². The molecule has 0 spiro atoms. The van der Waals surface area contributed by atoms with Crippen molar-refractivity contribution in [3.63, 3.8) is 0 Å². The highest BCUT2D eigenvalue weighted by molar-refractivity contribution is 7.90. The minimum atomic E-state index is -3.54. The van der Waals surface area contributed by atoms with Gasteiger partial charge in [0, 0.05) is 24.9 Å². The van der Waals surface area contributed by atoms with E-state index in [-0.39, 0.29) is 33.3 Å². The molecule has 0 unspecified atom stereocenters. The Hall–Kier alpha value is -3.11. The van der Waals surface area contributed by atoms with Crippen LogP contribution >= 0.6 is 11.3 Å². The first kappa shape index (κ1) is 25.0. The molecule has 1 aliphatic heterocycles. The fraction of sp³-hybridized carbons (Fsp3) is 0.320. The third-order valence-electron chi connectivity index (χ3n) is 5.80. The quantitative estimate of drug-likeness (QED) is 0.544. The second-order valence-corrected chi connectivity index (χ2v) is 12.6. The number of amides is 2. The first-order valence-electron chi connectivity index (χ1n) is 11.0. The zero-order chi connectivity index (χ0) is 25.5. The van der Waals surface area contributed by atoms with Crippen LogP contribution in [0.4, 0.5) is 15.2 Å². The molecule has 1 aliphatic rings. The number of hydrogen-bond donors (Lipinski definition) is 1. The zero-order valence-corrected chi connectivity index (χ0v) is 21.5. The number of thiazole rings is 1. The summed E-state index contributed by atoms with van der Waals surface area (Å²) in [6.45, 7) is 6.88. The highest BCUT2D eigenvalue weighted by Gasteiger charge is 2.30. The summed E-state index contributed by atoms with van der Waals surface area (Å²) in [6.07, 6.45) is 1.25. The van der Waals surface area contributed by atoms with E-state index in [0.717, 1.165) is 29.3 Å². The smallest absolute Gasteiger partial charge is 0.270 e. The number of fused-ring (bicyclic) bond motifs is 1. The molecule has 10 heteroatoms. The lowest BCUT2D eigenvalue weighted by molar-refractivity contribution is -0.115. The van der Waals surface area contributed by atoms with Crippen LogP contribution in [0.1, 0.15) is 47.3 Å². The molecule has 0 fully saturated rings. The van der Waals surface area contributed by atoms with Gasteiger partial charge in [-0.1, -0.05) is 50.3 Å². The van der Waals surface area contributed by atoms with E-state index in [1.165, 1.54) is 17.7 Å². The Balaban J connectivity index is 1.46. The van der Waals surface area contributed by atoms with Crippen molar-refractivity contribution in [2.75, 3.05) is 23.0 Å². The molecule has 1 aromatic heterocycles. The van der Waals surface area contributed by atoms with Crippen LogP contribution in [-0.4, -0.2) is 38.0 Å². The number of sulfone groups is 1. The predicted octanol–water partition coefficient (Wildman–Crippen LogP) is 4.37. The fourth-order valence-corrected chi connectivity index (χ4v) is 5.42. The van der Waals surface area contributed by atoms with Gasteiger partial charge in [0.15, 0.2) is 15.0 Å². The van der Waals surface area contributed by atoms with Crippen molar-refractivity contribution >= 4 is 43.8 Å². The molecule has 1 N–H and O–H groups in total. The number of carbonyl (C=O) groups is 2. The first-order chi connectivity index (χ1) is 16.3. The van der Waals surface area contributed by atoms with Crippen LogP contribution in [-0.2, 0) is 32.9 Å². The molecule has 0 saturated carbocycles. The molecule has 0 saturated heterocycles. The van der Waals surface area contributed by atoms with Gasteiger partial charge in [0.1, 0.15) is 10.7 Å². The average molecular weight is 516 g/mol. The summed E-state index contributed by atoms with van der Waals surface area (Å²) in [5.74, 6) is -1.45. The Morgan fingerprint density at radius 3 is 2.46 bits per heavy atom. The summed E-state index contributed by atoms with van der Waals surface area (Å²) in [5, 5.41) is 2.90. The zero-order valence-electron chi connectivity index (χ0n) is 19.9. The van der Waals surface area contributed by atoms with Gasteiger partial charge >= 0.3 is 0 Å². The maximum atomic E-state index is 14.3. The third kappa shape index (κ3) is 5.43. The highest BCUT2D eigenvalue weighted by atomic mass is 32.2. The van der Waals surface area contributed by atoms with Crippen molar-refractivity contribution in [3.8, 4) is 0 Å². The van der Waals surface area contributed by atoms with Crippen LogP contribution in [0.3, 0.4) is 0 Å². The minimum Gasteiger partial charge on any atom is -0.307 e. The first-order valence-corrected chi connectivity index (χ1v) is 13.7. The highest BCUT2D eigenvalue weighted by Crippen LogP contribution is 2.32. The van der Waals surface area contributed by atoms with Crippen LogP contribution in [0.2, 0.25) is 0 Å². The molecule has 35 heavy (non-hydrogen) atoms. The Morgan fingerprint density at radius 1 is 1.17 bits per heavy atom. The molecule has 4 rings (SSSR count). The summed E-state index contributed by atoms with van der Waals surface area (Å²) >= 11 is 1.09. The average Bonchev–Trinajstić information content (AvgIpc) is 3.17. The number of carbonyl (C=O) groups excluding carboxylic acids is 2. The van der Waals surface area contributed by atoms with E-state index in [0.29, 0.717) is 23.5 Å². The van der Waals surface area contributed by atoms with Crippen LogP contribution in [0.15, 0.2) is 47.4 Å².